The van der Waals surface area contributed by atoms with E-state index in [2.05, 4.69) is 54.7 Å². The third-order valence-corrected chi connectivity index (χ3v) is 10.7. The molecular formula is C25H41B. The molecule has 0 saturated heterocycles. The van der Waals surface area contributed by atoms with Gasteiger partial charge in [0, 0.05) is 0 Å². The Labute approximate surface area is 163 Å². The molecule has 0 N–H and O–H groups in total. The Bertz CT molecular complexity index is 557. The molecule has 4 bridgehead atoms. The Morgan fingerprint density at radius 1 is 0.885 bits per heavy atom. The maximum Gasteiger partial charge on any atom is 0.151 e. The zero-order valence-electron chi connectivity index (χ0n) is 18.2. The van der Waals surface area contributed by atoms with Crippen molar-refractivity contribution in [3.05, 3.63) is 24.8 Å². The van der Waals surface area contributed by atoms with E-state index < -0.39 is 0 Å². The quantitative estimate of drug-likeness (QED) is 0.358. The SMILES string of the molecule is C=CC(=C)CB([C@@H]1C[C@@H]2C[C@H]([C@H]1C)C2(C)C)[C@@H]1C[C@@H]2C[C@H]([C@H]1C)C2(C)C. The lowest BCUT2D eigenvalue weighted by Crippen LogP contribution is -2.59. The average molecular weight is 352 g/mol. The summed E-state index contributed by atoms with van der Waals surface area (Å²) in [7, 11) is 0. The maximum atomic E-state index is 4.35. The lowest BCUT2D eigenvalue weighted by molar-refractivity contribution is -0.107. The summed E-state index contributed by atoms with van der Waals surface area (Å²) in [5.74, 6) is 7.45. The lowest BCUT2D eigenvalue weighted by Gasteiger charge is -2.66. The fraction of sp³-hybridized carbons (Fsp3) is 0.840. The maximum absolute atomic E-state index is 4.35. The minimum absolute atomic E-state index is 0.595. The number of hydrogen-bond acceptors (Lipinski definition) is 0. The van der Waals surface area contributed by atoms with E-state index >= 15 is 0 Å². The molecule has 0 unspecified atom stereocenters. The molecule has 6 aliphatic carbocycles. The topological polar surface area (TPSA) is 0 Å². The van der Waals surface area contributed by atoms with E-state index in [-0.39, 0.29) is 0 Å². The summed E-state index contributed by atoms with van der Waals surface area (Å²) in [5, 5.41) is 0. The lowest BCUT2D eigenvalue weighted by atomic mass is 9.20. The highest BCUT2D eigenvalue weighted by Crippen LogP contribution is 2.69. The van der Waals surface area contributed by atoms with Gasteiger partial charge in [0.05, 0.1) is 0 Å². The fourth-order valence-corrected chi connectivity index (χ4v) is 8.52. The van der Waals surface area contributed by atoms with E-state index in [1.165, 1.54) is 37.6 Å². The van der Waals surface area contributed by atoms with Crippen LogP contribution in [0.15, 0.2) is 24.8 Å². The molecule has 6 rings (SSSR count). The molecule has 144 valence electrons. The van der Waals surface area contributed by atoms with E-state index in [0.29, 0.717) is 10.8 Å². The predicted octanol–water partition coefficient (Wildman–Crippen LogP) is 7.37. The molecule has 0 nitrogen and oxygen atoms in total. The molecule has 6 aliphatic rings. The Morgan fingerprint density at radius 2 is 1.31 bits per heavy atom. The number of allylic oxidation sites excluding steroid dienone is 2. The molecule has 6 fully saturated rings. The van der Waals surface area contributed by atoms with Crippen LogP contribution in [0.25, 0.3) is 0 Å². The van der Waals surface area contributed by atoms with E-state index in [4.69, 9.17) is 0 Å². The third-order valence-electron chi connectivity index (χ3n) is 10.7. The summed E-state index contributed by atoms with van der Waals surface area (Å²) >= 11 is 0. The number of fused-ring (bicyclic) bond motifs is 4. The van der Waals surface area contributed by atoms with Crippen LogP contribution in [0.5, 0.6) is 0 Å². The number of hydrogen-bond donors (Lipinski definition) is 0. The van der Waals surface area contributed by atoms with Crippen LogP contribution in [-0.4, -0.2) is 6.71 Å². The van der Waals surface area contributed by atoms with Gasteiger partial charge in [-0.3, -0.25) is 0 Å². The fourth-order valence-electron chi connectivity index (χ4n) is 8.52. The number of rotatable bonds is 5. The molecule has 0 aromatic heterocycles. The minimum Gasteiger partial charge on any atom is -0.0988 e. The highest BCUT2D eigenvalue weighted by atomic mass is 14.6. The Kier molecular flexibility index (Phi) is 4.37. The van der Waals surface area contributed by atoms with Gasteiger partial charge in [-0.05, 0) is 65.5 Å². The Balaban J connectivity index is 1.58. The first-order chi connectivity index (χ1) is 12.1. The standard InChI is InChI=1S/C25H41B/c1-9-15(2)14-26(22-12-18-10-20(16(22)3)24(18,5)6)23-13-19-11-21(17(23)4)25(19,7)8/h9,16-23H,1-2,10-14H2,3-8H3/t16-,17-,18+,19+,20-,21-,22-,23-/m1/s1. The van der Waals surface area contributed by atoms with Crippen molar-refractivity contribution in [2.24, 2.45) is 46.3 Å². The molecule has 0 spiro atoms. The van der Waals surface area contributed by atoms with Gasteiger partial charge in [-0.25, -0.2) is 0 Å². The molecule has 1 heteroatoms. The molecule has 0 aromatic rings. The normalized spacial score (nSPS) is 47.3. The summed E-state index contributed by atoms with van der Waals surface area (Å²) in [4.78, 5) is 0. The summed E-state index contributed by atoms with van der Waals surface area (Å²) in [6.45, 7) is 24.6. The van der Waals surface area contributed by atoms with Crippen molar-refractivity contribution in [3.63, 3.8) is 0 Å². The van der Waals surface area contributed by atoms with Gasteiger partial charge >= 0.3 is 0 Å². The van der Waals surface area contributed by atoms with Gasteiger partial charge in [0.1, 0.15) is 0 Å². The Hall–Kier alpha value is -0.455. The molecule has 0 amide bonds. The monoisotopic (exact) mass is 352 g/mol. The predicted molar refractivity (Wildman–Crippen MR) is 116 cm³/mol. The van der Waals surface area contributed by atoms with Gasteiger partial charge in [0.15, 0.2) is 6.71 Å². The van der Waals surface area contributed by atoms with Crippen molar-refractivity contribution in [1.29, 1.82) is 0 Å². The van der Waals surface area contributed by atoms with Crippen LogP contribution >= 0.6 is 0 Å². The first-order valence-corrected chi connectivity index (χ1v) is 11.4. The van der Waals surface area contributed by atoms with Crippen molar-refractivity contribution in [2.75, 3.05) is 0 Å². The molecule has 0 aromatic carbocycles. The van der Waals surface area contributed by atoms with Crippen molar-refractivity contribution >= 4 is 6.71 Å². The highest BCUT2D eigenvalue weighted by molar-refractivity contribution is 6.63. The van der Waals surface area contributed by atoms with Crippen molar-refractivity contribution in [2.45, 2.75) is 85.2 Å². The van der Waals surface area contributed by atoms with Gasteiger partial charge in [-0.15, -0.1) is 0 Å². The summed E-state index contributed by atoms with van der Waals surface area (Å²) in [6, 6.07) is 0. The van der Waals surface area contributed by atoms with Crippen LogP contribution in [0, 0.1) is 46.3 Å². The van der Waals surface area contributed by atoms with Gasteiger partial charge in [-0.1, -0.05) is 90.8 Å². The zero-order chi connectivity index (χ0) is 19.0. The van der Waals surface area contributed by atoms with Crippen LogP contribution in [-0.2, 0) is 0 Å². The molecule has 8 atom stereocenters. The van der Waals surface area contributed by atoms with Crippen LogP contribution in [0.4, 0.5) is 0 Å². The molecule has 6 saturated carbocycles. The third kappa shape index (κ3) is 2.47. The molecule has 0 aliphatic heterocycles. The smallest absolute Gasteiger partial charge is 0.0988 e. The first-order valence-electron chi connectivity index (χ1n) is 11.4. The largest absolute Gasteiger partial charge is 0.151 e. The van der Waals surface area contributed by atoms with Crippen molar-refractivity contribution in [1.82, 2.24) is 0 Å². The van der Waals surface area contributed by atoms with Crippen LogP contribution in [0.1, 0.15) is 67.2 Å². The summed E-state index contributed by atoms with van der Waals surface area (Å²) in [6.07, 6.45) is 9.18. The van der Waals surface area contributed by atoms with Gasteiger partial charge in [-0.2, -0.15) is 0 Å². The molecule has 26 heavy (non-hydrogen) atoms. The second-order valence-corrected chi connectivity index (χ2v) is 12.0. The van der Waals surface area contributed by atoms with Crippen molar-refractivity contribution < 1.29 is 0 Å². The molecule has 0 radical (unpaired) electrons. The van der Waals surface area contributed by atoms with E-state index in [1.54, 1.807) is 0 Å². The average Bonchev–Trinajstić information content (AvgIpc) is 2.59. The first kappa shape index (κ1) is 18.9. The van der Waals surface area contributed by atoms with Crippen LogP contribution in [0.2, 0.25) is 18.0 Å². The van der Waals surface area contributed by atoms with E-state index in [0.717, 1.165) is 53.9 Å². The highest BCUT2D eigenvalue weighted by Gasteiger charge is 2.62. The molecule has 0 heterocycles. The molecular weight excluding hydrogens is 311 g/mol. The van der Waals surface area contributed by atoms with Gasteiger partial charge in [0.25, 0.3) is 0 Å². The van der Waals surface area contributed by atoms with Crippen LogP contribution in [0.3, 0.4) is 0 Å². The van der Waals surface area contributed by atoms with E-state index in [1.807, 2.05) is 6.08 Å². The second-order valence-electron chi connectivity index (χ2n) is 12.0. The van der Waals surface area contributed by atoms with E-state index in [9.17, 15) is 0 Å². The van der Waals surface area contributed by atoms with Gasteiger partial charge < -0.3 is 0 Å². The Morgan fingerprint density at radius 3 is 1.62 bits per heavy atom. The zero-order valence-corrected chi connectivity index (χ0v) is 18.2. The summed E-state index contributed by atoms with van der Waals surface area (Å²) in [5.41, 5.74) is 2.47. The second kappa shape index (κ2) is 6.02. The van der Waals surface area contributed by atoms with Crippen LogP contribution < -0.4 is 0 Å². The van der Waals surface area contributed by atoms with Gasteiger partial charge in [0.2, 0.25) is 0 Å². The summed E-state index contributed by atoms with van der Waals surface area (Å²) < 4.78 is 0. The van der Waals surface area contributed by atoms with Crippen molar-refractivity contribution in [3.8, 4) is 0 Å². The minimum atomic E-state index is 0.595.